The molecule has 106 valence electrons. The number of fused-ring (bicyclic) bond motifs is 1. The van der Waals surface area contributed by atoms with Crippen molar-refractivity contribution in [1.29, 1.82) is 0 Å². The van der Waals surface area contributed by atoms with Crippen LogP contribution in [0.2, 0.25) is 0 Å². The summed E-state index contributed by atoms with van der Waals surface area (Å²) in [4.78, 5) is 0.370. The fourth-order valence-corrected chi connectivity index (χ4v) is 3.83. The van der Waals surface area contributed by atoms with E-state index in [1.165, 1.54) is 31.2 Å². The van der Waals surface area contributed by atoms with Gasteiger partial charge in [0.2, 0.25) is 0 Å². The number of hydrogen-bond acceptors (Lipinski definition) is 2. The maximum Gasteiger partial charge on any atom is 0.162 e. The van der Waals surface area contributed by atoms with Crippen molar-refractivity contribution in [3.05, 3.63) is 22.2 Å². The molecule has 1 aliphatic rings. The Labute approximate surface area is 132 Å². The van der Waals surface area contributed by atoms with Gasteiger partial charge in [0.05, 0.1) is 0 Å². The molecule has 19 heavy (non-hydrogen) atoms. The van der Waals surface area contributed by atoms with Crippen LogP contribution in [0.5, 0.6) is 11.5 Å². The van der Waals surface area contributed by atoms with Gasteiger partial charge in [0.1, 0.15) is 13.2 Å². The third kappa shape index (κ3) is 4.12. The van der Waals surface area contributed by atoms with Gasteiger partial charge in [-0.1, -0.05) is 64.5 Å². The lowest BCUT2D eigenvalue weighted by atomic mass is 10.0. The van der Waals surface area contributed by atoms with Gasteiger partial charge >= 0.3 is 0 Å². The molecule has 1 aliphatic heterocycles. The van der Waals surface area contributed by atoms with Gasteiger partial charge in [-0.3, -0.25) is 0 Å². The molecule has 0 fully saturated rings. The first-order valence-corrected chi connectivity index (χ1v) is 8.66. The zero-order valence-electron chi connectivity index (χ0n) is 11.3. The second-order valence-electron chi connectivity index (χ2n) is 4.83. The third-order valence-corrected chi connectivity index (χ3v) is 4.95. The van der Waals surface area contributed by atoms with Gasteiger partial charge in [0.15, 0.2) is 11.5 Å². The Bertz CT molecular complexity index is 421. The van der Waals surface area contributed by atoms with Crippen LogP contribution in [0.3, 0.4) is 0 Å². The van der Waals surface area contributed by atoms with Crippen molar-refractivity contribution in [2.45, 2.75) is 43.9 Å². The molecule has 0 amide bonds. The summed E-state index contributed by atoms with van der Waals surface area (Å²) in [5.41, 5.74) is 1.25. The first-order valence-electron chi connectivity index (χ1n) is 6.95. The Balaban J connectivity index is 2.02. The maximum absolute atomic E-state index is 5.65. The molecular weight excluding hydrogens is 372 g/mol. The fraction of sp³-hybridized carbons (Fsp3) is 0.600. The number of rotatable bonds is 6. The summed E-state index contributed by atoms with van der Waals surface area (Å²) in [6.45, 7) is 3.51. The molecule has 0 saturated carbocycles. The van der Waals surface area contributed by atoms with Gasteiger partial charge in [0, 0.05) is 9.30 Å². The minimum Gasteiger partial charge on any atom is -0.486 e. The van der Waals surface area contributed by atoms with Gasteiger partial charge < -0.3 is 9.47 Å². The highest BCUT2D eigenvalue weighted by Crippen LogP contribution is 2.41. The summed E-state index contributed by atoms with van der Waals surface area (Å²) in [6, 6.07) is 4.11. The molecule has 2 rings (SSSR count). The number of hydrogen-bond donors (Lipinski definition) is 0. The van der Waals surface area contributed by atoms with Gasteiger partial charge in [-0.25, -0.2) is 0 Å². The molecule has 1 atom stereocenters. The molecular formula is C15H20Br2O2. The van der Waals surface area contributed by atoms with E-state index in [1.807, 2.05) is 6.07 Å². The molecule has 1 heterocycles. The minimum atomic E-state index is 0.370. The van der Waals surface area contributed by atoms with E-state index in [4.69, 9.17) is 9.47 Å². The molecule has 0 N–H and O–H groups in total. The van der Waals surface area contributed by atoms with E-state index in [2.05, 4.69) is 44.8 Å². The van der Waals surface area contributed by atoms with Crippen LogP contribution < -0.4 is 9.47 Å². The van der Waals surface area contributed by atoms with E-state index in [9.17, 15) is 0 Å². The quantitative estimate of drug-likeness (QED) is 0.462. The van der Waals surface area contributed by atoms with Gasteiger partial charge in [-0.05, 0) is 24.1 Å². The molecule has 0 radical (unpaired) electrons. The molecule has 4 heteroatoms. The average molecular weight is 392 g/mol. The van der Waals surface area contributed by atoms with E-state index in [0.717, 1.165) is 22.4 Å². The number of benzene rings is 1. The number of halogens is 2. The zero-order valence-corrected chi connectivity index (χ0v) is 14.4. The van der Waals surface area contributed by atoms with Crippen molar-refractivity contribution < 1.29 is 9.47 Å². The first-order chi connectivity index (χ1) is 9.22. The Morgan fingerprint density at radius 1 is 1.11 bits per heavy atom. The highest BCUT2D eigenvalue weighted by atomic mass is 79.9. The van der Waals surface area contributed by atoms with E-state index in [1.54, 1.807) is 0 Å². The smallest absolute Gasteiger partial charge is 0.162 e. The summed E-state index contributed by atoms with van der Waals surface area (Å²) in [6.07, 6.45) is 6.31. The molecule has 1 aromatic carbocycles. The van der Waals surface area contributed by atoms with Crippen LogP contribution in [0.25, 0.3) is 0 Å². The lowest BCUT2D eigenvalue weighted by Gasteiger charge is -2.21. The monoisotopic (exact) mass is 390 g/mol. The lowest BCUT2D eigenvalue weighted by molar-refractivity contribution is 0.171. The number of ether oxygens (including phenoxy) is 2. The van der Waals surface area contributed by atoms with Crippen LogP contribution in [0.15, 0.2) is 16.6 Å². The van der Waals surface area contributed by atoms with Crippen molar-refractivity contribution in [3.8, 4) is 11.5 Å². The Kier molecular flexibility index (Phi) is 6.02. The SMILES string of the molecule is CCCCCCC(Br)c1cc2c(cc1Br)OCCO2. The predicted molar refractivity (Wildman–Crippen MR) is 85.6 cm³/mol. The van der Waals surface area contributed by atoms with E-state index in [0.29, 0.717) is 18.0 Å². The molecule has 2 nitrogen and oxygen atoms in total. The summed E-state index contributed by atoms with van der Waals surface area (Å²) < 4.78 is 12.3. The molecule has 1 unspecified atom stereocenters. The molecule has 0 aliphatic carbocycles. The zero-order chi connectivity index (χ0) is 13.7. The molecule has 0 aromatic heterocycles. The fourth-order valence-electron chi connectivity index (χ4n) is 2.23. The van der Waals surface area contributed by atoms with Gasteiger partial charge in [-0.15, -0.1) is 0 Å². The lowest BCUT2D eigenvalue weighted by Crippen LogP contribution is -2.15. The number of alkyl halides is 1. The number of unbranched alkanes of at least 4 members (excludes halogenated alkanes) is 3. The Morgan fingerprint density at radius 2 is 1.79 bits per heavy atom. The van der Waals surface area contributed by atoms with Crippen LogP contribution in [-0.2, 0) is 0 Å². The second-order valence-corrected chi connectivity index (χ2v) is 6.79. The summed E-state index contributed by atoms with van der Waals surface area (Å²) in [7, 11) is 0. The van der Waals surface area contributed by atoms with Crippen LogP contribution in [0, 0.1) is 0 Å². The van der Waals surface area contributed by atoms with Crippen molar-refractivity contribution >= 4 is 31.9 Å². The summed E-state index contributed by atoms with van der Waals surface area (Å²) >= 11 is 7.42. The van der Waals surface area contributed by atoms with Crippen molar-refractivity contribution in [2.75, 3.05) is 13.2 Å². The van der Waals surface area contributed by atoms with Crippen molar-refractivity contribution in [2.24, 2.45) is 0 Å². The standard InChI is InChI=1S/C15H20Br2O2/c1-2-3-4-5-6-12(16)11-9-14-15(10-13(11)17)19-8-7-18-14/h9-10,12H,2-8H2,1H3. The highest BCUT2D eigenvalue weighted by Gasteiger charge is 2.18. The van der Waals surface area contributed by atoms with Gasteiger partial charge in [-0.2, -0.15) is 0 Å². The topological polar surface area (TPSA) is 18.5 Å². The minimum absolute atomic E-state index is 0.370. The van der Waals surface area contributed by atoms with Gasteiger partial charge in [0.25, 0.3) is 0 Å². The molecule has 0 saturated heterocycles. The van der Waals surface area contributed by atoms with Crippen molar-refractivity contribution in [3.63, 3.8) is 0 Å². The van der Waals surface area contributed by atoms with Crippen LogP contribution in [0.4, 0.5) is 0 Å². The normalized spacial score (nSPS) is 15.3. The molecule has 0 bridgehead atoms. The molecule has 1 aromatic rings. The van der Waals surface area contributed by atoms with E-state index < -0.39 is 0 Å². The van der Waals surface area contributed by atoms with E-state index >= 15 is 0 Å². The average Bonchev–Trinajstić information content (AvgIpc) is 2.42. The Morgan fingerprint density at radius 3 is 2.47 bits per heavy atom. The second kappa shape index (κ2) is 7.53. The maximum atomic E-state index is 5.65. The third-order valence-electron chi connectivity index (χ3n) is 3.31. The summed E-state index contributed by atoms with van der Waals surface area (Å²) in [5, 5.41) is 0. The van der Waals surface area contributed by atoms with Crippen LogP contribution >= 0.6 is 31.9 Å². The van der Waals surface area contributed by atoms with Crippen LogP contribution in [0.1, 0.15) is 49.4 Å². The van der Waals surface area contributed by atoms with Crippen LogP contribution in [-0.4, -0.2) is 13.2 Å². The largest absolute Gasteiger partial charge is 0.486 e. The molecule has 0 spiro atoms. The predicted octanol–water partition coefficient (Wildman–Crippen LogP) is 5.63. The highest BCUT2D eigenvalue weighted by molar-refractivity contribution is 9.11. The Hall–Kier alpha value is -0.220. The first kappa shape index (κ1) is 15.2. The van der Waals surface area contributed by atoms with E-state index in [-0.39, 0.29) is 0 Å². The van der Waals surface area contributed by atoms with Crippen molar-refractivity contribution in [1.82, 2.24) is 0 Å². The summed E-state index contributed by atoms with van der Waals surface area (Å²) in [5.74, 6) is 1.70.